The van der Waals surface area contributed by atoms with E-state index in [2.05, 4.69) is 4.98 Å². The zero-order valence-corrected chi connectivity index (χ0v) is 16.3. The number of alkyl halides is 3. The zero-order valence-electron chi connectivity index (χ0n) is 15.5. The van der Waals surface area contributed by atoms with Crippen LogP contribution in [-0.4, -0.2) is 17.4 Å². The normalized spacial score (nSPS) is 16.2. The number of aryl methyl sites for hydroxylation is 1. The quantitative estimate of drug-likeness (QED) is 0.608. The number of carbonyl (C=O) groups excluding carboxylic acids is 1. The molecule has 1 aliphatic carbocycles. The molecule has 0 radical (unpaired) electrons. The van der Waals surface area contributed by atoms with Crippen molar-refractivity contribution in [1.82, 2.24) is 4.98 Å². The van der Waals surface area contributed by atoms with E-state index in [1.807, 2.05) is 24.3 Å². The van der Waals surface area contributed by atoms with Crippen LogP contribution >= 0.6 is 11.3 Å². The van der Waals surface area contributed by atoms with E-state index < -0.39 is 11.9 Å². The van der Waals surface area contributed by atoms with Crippen molar-refractivity contribution in [2.45, 2.75) is 38.3 Å². The van der Waals surface area contributed by atoms with Gasteiger partial charge in [-0.2, -0.15) is 13.2 Å². The summed E-state index contributed by atoms with van der Waals surface area (Å²) < 4.78 is 40.8. The van der Waals surface area contributed by atoms with Crippen molar-refractivity contribution >= 4 is 38.8 Å². The van der Waals surface area contributed by atoms with Crippen LogP contribution in [0.25, 0.3) is 10.2 Å². The van der Waals surface area contributed by atoms with E-state index in [-0.39, 0.29) is 26.9 Å². The second-order valence-electron chi connectivity index (χ2n) is 7.48. The van der Waals surface area contributed by atoms with E-state index in [1.54, 1.807) is 4.90 Å². The molecule has 0 atom stereocenters. The average molecular weight is 417 g/mol. The molecule has 4 nitrogen and oxygen atoms in total. The summed E-state index contributed by atoms with van der Waals surface area (Å²) in [4.78, 5) is 19.3. The summed E-state index contributed by atoms with van der Waals surface area (Å²) in [5.41, 5.74) is 8.56. The van der Waals surface area contributed by atoms with Gasteiger partial charge in [-0.25, -0.2) is 4.98 Å². The highest BCUT2D eigenvalue weighted by Crippen LogP contribution is 2.44. The van der Waals surface area contributed by atoms with Gasteiger partial charge in [-0.05, 0) is 54.9 Å². The third-order valence-corrected chi connectivity index (χ3v) is 6.88. The van der Waals surface area contributed by atoms with E-state index in [4.69, 9.17) is 5.73 Å². The number of nitrogens with zero attached hydrogens (tertiary/aromatic N) is 2. The Morgan fingerprint density at radius 3 is 2.59 bits per heavy atom. The Hall–Kier alpha value is -2.61. The maximum Gasteiger partial charge on any atom is 0.433 e. The molecule has 150 valence electrons. The number of para-hydroxylation sites is 1. The number of carbonyl (C=O) groups is 1. The first-order valence-corrected chi connectivity index (χ1v) is 10.4. The van der Waals surface area contributed by atoms with Crippen LogP contribution in [0, 0.1) is 0 Å². The number of amides is 1. The third kappa shape index (κ3) is 2.80. The molecule has 2 N–H and O–H groups in total. The van der Waals surface area contributed by atoms with Gasteiger partial charge < -0.3 is 10.6 Å². The molecule has 8 heteroatoms. The van der Waals surface area contributed by atoms with Crippen LogP contribution in [0.4, 0.5) is 24.5 Å². The molecule has 2 aliphatic rings. The highest BCUT2D eigenvalue weighted by Gasteiger charge is 2.39. The topological polar surface area (TPSA) is 59.2 Å². The van der Waals surface area contributed by atoms with Gasteiger partial charge in [-0.1, -0.05) is 18.2 Å². The summed E-state index contributed by atoms with van der Waals surface area (Å²) in [5, 5.41) is 0.536. The van der Waals surface area contributed by atoms with Crippen LogP contribution in [0.2, 0.25) is 0 Å². The number of nitrogens with two attached hydrogens (primary N) is 1. The summed E-state index contributed by atoms with van der Waals surface area (Å²) in [6.07, 6.45) is -1.40. The average Bonchev–Trinajstić information content (AvgIpc) is 3.27. The van der Waals surface area contributed by atoms with Gasteiger partial charge in [0.1, 0.15) is 15.4 Å². The minimum absolute atomic E-state index is 0.200. The van der Waals surface area contributed by atoms with Gasteiger partial charge >= 0.3 is 6.18 Å². The van der Waals surface area contributed by atoms with Crippen LogP contribution in [-0.2, 0) is 25.4 Å². The van der Waals surface area contributed by atoms with Crippen LogP contribution in [0.1, 0.15) is 44.9 Å². The minimum Gasteiger partial charge on any atom is -0.397 e. The van der Waals surface area contributed by atoms with Crippen molar-refractivity contribution in [1.29, 1.82) is 0 Å². The summed E-state index contributed by atoms with van der Waals surface area (Å²) in [7, 11) is 0. The first-order valence-electron chi connectivity index (χ1n) is 9.57. The van der Waals surface area contributed by atoms with Crippen LogP contribution in [0.5, 0.6) is 0 Å². The molecule has 1 aromatic carbocycles. The second kappa shape index (κ2) is 6.45. The summed E-state index contributed by atoms with van der Waals surface area (Å²) >= 11 is 0.969. The smallest absolute Gasteiger partial charge is 0.397 e. The number of fused-ring (bicyclic) bond motifs is 4. The molecule has 1 aliphatic heterocycles. The lowest BCUT2D eigenvalue weighted by atomic mass is 9.88. The fourth-order valence-corrected chi connectivity index (χ4v) is 5.55. The molecular weight excluding hydrogens is 399 g/mol. The van der Waals surface area contributed by atoms with Crippen molar-refractivity contribution in [3.05, 3.63) is 51.5 Å². The molecule has 1 amide bonds. The molecule has 29 heavy (non-hydrogen) atoms. The highest BCUT2D eigenvalue weighted by atomic mass is 32.1. The number of halogens is 3. The molecule has 0 bridgehead atoms. The Kier molecular flexibility index (Phi) is 4.10. The van der Waals surface area contributed by atoms with E-state index in [0.29, 0.717) is 36.8 Å². The van der Waals surface area contributed by atoms with E-state index >= 15 is 0 Å². The first-order chi connectivity index (χ1) is 13.9. The minimum atomic E-state index is -4.52. The SMILES string of the molecule is Nc1c(C(=O)N2CCc3ccccc32)sc2nc(C(F)(F)F)c3c(c12)CCCC3. The third-order valence-electron chi connectivity index (χ3n) is 5.79. The van der Waals surface area contributed by atoms with Crippen molar-refractivity contribution in [3.8, 4) is 0 Å². The lowest BCUT2D eigenvalue weighted by Crippen LogP contribution is -2.28. The molecule has 3 aromatic rings. The number of anilines is 2. The van der Waals surface area contributed by atoms with Gasteiger partial charge in [0.25, 0.3) is 5.91 Å². The molecule has 3 heterocycles. The van der Waals surface area contributed by atoms with Gasteiger partial charge in [0.2, 0.25) is 0 Å². The fourth-order valence-electron chi connectivity index (χ4n) is 4.48. The van der Waals surface area contributed by atoms with Crippen LogP contribution < -0.4 is 10.6 Å². The largest absolute Gasteiger partial charge is 0.433 e. The Morgan fingerprint density at radius 1 is 1.10 bits per heavy atom. The first kappa shape index (κ1) is 18.4. The molecule has 5 rings (SSSR count). The summed E-state index contributed by atoms with van der Waals surface area (Å²) in [6.45, 7) is 0.533. The predicted molar refractivity (Wildman–Crippen MR) is 107 cm³/mol. The second-order valence-corrected chi connectivity index (χ2v) is 8.48. The highest BCUT2D eigenvalue weighted by molar-refractivity contribution is 7.21. The molecule has 0 saturated carbocycles. The summed E-state index contributed by atoms with van der Waals surface area (Å²) in [5.74, 6) is -0.270. The van der Waals surface area contributed by atoms with Gasteiger partial charge in [0.05, 0.1) is 5.69 Å². The number of thiophene rings is 1. The van der Waals surface area contributed by atoms with Gasteiger partial charge in [0, 0.05) is 17.6 Å². The monoisotopic (exact) mass is 417 g/mol. The zero-order chi connectivity index (χ0) is 20.3. The maximum absolute atomic E-state index is 13.6. The molecule has 2 aromatic heterocycles. The molecule has 0 unspecified atom stereocenters. The number of rotatable bonds is 1. The number of pyridine rings is 1. The number of hydrogen-bond acceptors (Lipinski definition) is 4. The van der Waals surface area contributed by atoms with Crippen molar-refractivity contribution in [2.24, 2.45) is 0 Å². The molecule has 0 saturated heterocycles. The molecular formula is C21H18F3N3OS. The van der Waals surface area contributed by atoms with Gasteiger partial charge in [0.15, 0.2) is 0 Å². The standard InChI is InChI=1S/C21H18F3N3OS/c22-21(23,24)18-13-7-3-2-6-12(13)15-16(25)17(29-19(15)26-18)20(28)27-10-9-11-5-1-4-8-14(11)27/h1,4-5,8H,2-3,6-7,9-10,25H2. The Balaban J connectivity index is 1.67. The lowest BCUT2D eigenvalue weighted by Gasteiger charge is -2.21. The Bertz CT molecular complexity index is 1150. The van der Waals surface area contributed by atoms with Crippen molar-refractivity contribution < 1.29 is 18.0 Å². The Morgan fingerprint density at radius 2 is 1.83 bits per heavy atom. The Labute approximate surface area is 169 Å². The summed E-state index contributed by atoms with van der Waals surface area (Å²) in [6, 6.07) is 7.65. The number of hydrogen-bond donors (Lipinski definition) is 1. The van der Waals surface area contributed by atoms with Gasteiger partial charge in [-0.3, -0.25) is 4.79 Å². The number of aromatic nitrogens is 1. The predicted octanol–water partition coefficient (Wildman–Crippen LogP) is 4.98. The van der Waals surface area contributed by atoms with Crippen LogP contribution in [0.15, 0.2) is 24.3 Å². The van der Waals surface area contributed by atoms with E-state index in [9.17, 15) is 18.0 Å². The van der Waals surface area contributed by atoms with E-state index in [1.165, 1.54) is 0 Å². The van der Waals surface area contributed by atoms with Crippen LogP contribution in [0.3, 0.4) is 0 Å². The fraction of sp³-hybridized carbons (Fsp3) is 0.333. The molecule has 0 fully saturated rings. The number of benzene rings is 1. The van der Waals surface area contributed by atoms with Crippen molar-refractivity contribution in [3.63, 3.8) is 0 Å². The number of nitrogen functional groups attached to an aromatic ring is 1. The van der Waals surface area contributed by atoms with Crippen molar-refractivity contribution in [2.75, 3.05) is 17.2 Å². The lowest BCUT2D eigenvalue weighted by molar-refractivity contribution is -0.141. The van der Waals surface area contributed by atoms with Gasteiger partial charge in [-0.15, -0.1) is 11.3 Å². The molecule has 0 spiro atoms. The maximum atomic E-state index is 13.6. The van der Waals surface area contributed by atoms with E-state index in [0.717, 1.165) is 35.4 Å².